The summed E-state index contributed by atoms with van der Waals surface area (Å²) in [6.07, 6.45) is 1.43. The number of ketones is 1. The molecule has 0 saturated carbocycles. The minimum atomic E-state index is -0.483. The van der Waals surface area contributed by atoms with Crippen LogP contribution in [0.25, 0.3) is 0 Å². The number of amides is 1. The maximum absolute atomic E-state index is 12.9. The zero-order chi connectivity index (χ0) is 20.5. The Labute approximate surface area is 170 Å². The van der Waals surface area contributed by atoms with Gasteiger partial charge in [-0.1, -0.05) is 48.5 Å². The number of Topliss-reactive ketones (excluding diaryl/α,β-unsaturated/α-hetero) is 1. The van der Waals surface area contributed by atoms with E-state index >= 15 is 0 Å². The Morgan fingerprint density at radius 2 is 1.45 bits per heavy atom. The summed E-state index contributed by atoms with van der Waals surface area (Å²) in [6.45, 7) is 2.50. The van der Waals surface area contributed by atoms with Gasteiger partial charge < -0.3 is 15.4 Å². The summed E-state index contributed by atoms with van der Waals surface area (Å²) in [7, 11) is 0. The molecule has 5 nitrogen and oxygen atoms in total. The van der Waals surface area contributed by atoms with Crippen LogP contribution >= 0.6 is 0 Å². The lowest BCUT2D eigenvalue weighted by molar-refractivity contribution is -0.112. The second-order valence-corrected chi connectivity index (χ2v) is 6.18. The lowest BCUT2D eigenvalue weighted by Crippen LogP contribution is -2.21. The summed E-state index contributed by atoms with van der Waals surface area (Å²) in [5.41, 5.74) is 1.80. The number of rotatable bonds is 8. The zero-order valence-electron chi connectivity index (χ0n) is 16.1. The first-order valence-corrected chi connectivity index (χ1v) is 9.33. The van der Waals surface area contributed by atoms with Gasteiger partial charge in [-0.05, 0) is 43.3 Å². The molecule has 0 aliphatic carbocycles. The lowest BCUT2D eigenvalue weighted by atomic mass is 10.0. The molecule has 0 aliphatic heterocycles. The van der Waals surface area contributed by atoms with Crippen molar-refractivity contribution in [3.05, 3.63) is 102 Å². The van der Waals surface area contributed by atoms with Crippen LogP contribution in [0.4, 0.5) is 11.4 Å². The molecule has 0 radical (unpaired) electrons. The Kier molecular flexibility index (Phi) is 6.79. The molecule has 0 saturated heterocycles. The second-order valence-electron chi connectivity index (χ2n) is 6.18. The Morgan fingerprint density at radius 1 is 0.828 bits per heavy atom. The van der Waals surface area contributed by atoms with E-state index in [4.69, 9.17) is 4.74 Å². The topological polar surface area (TPSA) is 67.4 Å². The zero-order valence-corrected chi connectivity index (χ0v) is 16.1. The molecule has 0 atom stereocenters. The van der Waals surface area contributed by atoms with Crippen LogP contribution in [0.2, 0.25) is 0 Å². The molecule has 0 fully saturated rings. The number of para-hydroxylation sites is 1. The average Bonchev–Trinajstić information content (AvgIpc) is 2.76. The van der Waals surface area contributed by atoms with Crippen LogP contribution in [0.15, 0.2) is 96.7 Å². The normalized spacial score (nSPS) is 10.9. The molecule has 0 unspecified atom stereocenters. The maximum Gasteiger partial charge on any atom is 0.261 e. The minimum Gasteiger partial charge on any atom is -0.494 e. The monoisotopic (exact) mass is 386 g/mol. The molecular weight excluding hydrogens is 364 g/mol. The fourth-order valence-corrected chi connectivity index (χ4v) is 2.67. The molecule has 1 amide bonds. The number of ether oxygens (including phenoxy) is 1. The number of carbonyl (C=O) groups is 2. The molecule has 146 valence electrons. The van der Waals surface area contributed by atoms with Crippen LogP contribution in [0, 0.1) is 0 Å². The van der Waals surface area contributed by atoms with Crippen molar-refractivity contribution >= 4 is 23.1 Å². The van der Waals surface area contributed by atoms with Crippen molar-refractivity contribution in [2.45, 2.75) is 6.92 Å². The van der Waals surface area contributed by atoms with Crippen LogP contribution in [-0.2, 0) is 4.79 Å². The number of carbonyl (C=O) groups excluding carboxylic acids is 2. The van der Waals surface area contributed by atoms with Crippen molar-refractivity contribution in [1.82, 2.24) is 0 Å². The number of hydrogen-bond donors (Lipinski definition) is 2. The van der Waals surface area contributed by atoms with Crippen LogP contribution < -0.4 is 15.4 Å². The van der Waals surface area contributed by atoms with Crippen LogP contribution in [-0.4, -0.2) is 18.3 Å². The third kappa shape index (κ3) is 5.56. The quantitative estimate of drug-likeness (QED) is 0.250. The minimum absolute atomic E-state index is 0.00828. The summed E-state index contributed by atoms with van der Waals surface area (Å²) >= 11 is 0. The van der Waals surface area contributed by atoms with E-state index in [1.54, 1.807) is 36.4 Å². The summed E-state index contributed by atoms with van der Waals surface area (Å²) in [5, 5.41) is 5.80. The first-order chi connectivity index (χ1) is 14.2. The molecule has 5 heteroatoms. The Bertz CT molecular complexity index is 982. The standard InChI is InChI=1S/C24H22N2O3/c1-2-29-21-15-13-19(14-16-21)25-17-22(23(27)18-9-5-3-6-10-18)24(28)26-20-11-7-4-8-12-20/h3-17,25H,2H2,1H3,(H,26,28)/b22-17+. The summed E-state index contributed by atoms with van der Waals surface area (Å²) < 4.78 is 5.43. The van der Waals surface area contributed by atoms with Crippen LogP contribution in [0.1, 0.15) is 17.3 Å². The Hall–Kier alpha value is -3.86. The molecule has 0 aliphatic rings. The molecule has 0 bridgehead atoms. The second kappa shape index (κ2) is 9.90. The number of nitrogens with one attached hydrogen (secondary N) is 2. The average molecular weight is 386 g/mol. The molecule has 0 heterocycles. The molecule has 2 N–H and O–H groups in total. The van der Waals surface area contributed by atoms with Gasteiger partial charge in [0.25, 0.3) is 5.91 Å². The highest BCUT2D eigenvalue weighted by Crippen LogP contribution is 2.17. The van der Waals surface area contributed by atoms with Gasteiger partial charge in [-0.25, -0.2) is 0 Å². The van der Waals surface area contributed by atoms with Crippen molar-refractivity contribution < 1.29 is 14.3 Å². The van der Waals surface area contributed by atoms with Crippen molar-refractivity contribution in [3.8, 4) is 5.75 Å². The Balaban J connectivity index is 1.84. The number of benzene rings is 3. The van der Waals surface area contributed by atoms with Crippen molar-refractivity contribution in [2.75, 3.05) is 17.2 Å². The summed E-state index contributed by atoms with van der Waals surface area (Å²) in [4.78, 5) is 25.8. The van der Waals surface area contributed by atoms with Crippen molar-refractivity contribution in [1.29, 1.82) is 0 Å². The van der Waals surface area contributed by atoms with E-state index in [9.17, 15) is 9.59 Å². The number of anilines is 2. The van der Waals surface area contributed by atoms with Crippen molar-refractivity contribution in [3.63, 3.8) is 0 Å². The van der Waals surface area contributed by atoms with E-state index in [0.717, 1.165) is 11.4 Å². The molecular formula is C24H22N2O3. The summed E-state index contributed by atoms with van der Waals surface area (Å²) in [6, 6.07) is 25.0. The van der Waals surface area contributed by atoms with Crippen molar-refractivity contribution in [2.24, 2.45) is 0 Å². The summed E-state index contributed by atoms with van der Waals surface area (Å²) in [5.74, 6) is -0.0922. The highest BCUT2D eigenvalue weighted by atomic mass is 16.5. The fourth-order valence-electron chi connectivity index (χ4n) is 2.67. The number of hydrogen-bond acceptors (Lipinski definition) is 4. The van der Waals surface area contributed by atoms with Gasteiger partial charge in [0, 0.05) is 23.1 Å². The largest absolute Gasteiger partial charge is 0.494 e. The first-order valence-electron chi connectivity index (χ1n) is 9.33. The molecule has 3 aromatic rings. The van der Waals surface area contributed by atoms with Gasteiger partial charge in [-0.3, -0.25) is 9.59 Å². The van der Waals surface area contributed by atoms with E-state index in [2.05, 4.69) is 10.6 Å². The van der Waals surface area contributed by atoms with Gasteiger partial charge in [0.05, 0.1) is 6.61 Å². The first kappa shape index (κ1) is 19.9. The van der Waals surface area contributed by atoms with Gasteiger partial charge in [-0.15, -0.1) is 0 Å². The van der Waals surface area contributed by atoms with Gasteiger partial charge in [0.2, 0.25) is 0 Å². The van der Waals surface area contributed by atoms with E-state index in [1.807, 2.05) is 55.5 Å². The van der Waals surface area contributed by atoms with E-state index in [0.29, 0.717) is 17.9 Å². The lowest BCUT2D eigenvalue weighted by Gasteiger charge is -2.10. The molecule has 3 aromatic carbocycles. The van der Waals surface area contributed by atoms with Crippen LogP contribution in [0.3, 0.4) is 0 Å². The van der Waals surface area contributed by atoms with Crippen LogP contribution in [0.5, 0.6) is 5.75 Å². The van der Waals surface area contributed by atoms with E-state index in [1.165, 1.54) is 6.20 Å². The van der Waals surface area contributed by atoms with Gasteiger partial charge in [-0.2, -0.15) is 0 Å². The molecule has 0 spiro atoms. The third-order valence-corrected chi connectivity index (χ3v) is 4.11. The SMILES string of the molecule is CCOc1ccc(N/C=C(/C(=O)Nc2ccccc2)C(=O)c2ccccc2)cc1. The van der Waals surface area contributed by atoms with Gasteiger partial charge in [0.15, 0.2) is 5.78 Å². The van der Waals surface area contributed by atoms with Gasteiger partial charge in [0.1, 0.15) is 11.3 Å². The molecule has 29 heavy (non-hydrogen) atoms. The molecule has 0 aromatic heterocycles. The Morgan fingerprint density at radius 3 is 2.07 bits per heavy atom. The molecule has 3 rings (SSSR count). The van der Waals surface area contributed by atoms with Gasteiger partial charge >= 0.3 is 0 Å². The third-order valence-electron chi connectivity index (χ3n) is 4.11. The van der Waals surface area contributed by atoms with E-state index < -0.39 is 5.91 Å². The highest BCUT2D eigenvalue weighted by molar-refractivity contribution is 6.28. The van der Waals surface area contributed by atoms with E-state index in [-0.39, 0.29) is 11.4 Å². The maximum atomic E-state index is 12.9. The predicted molar refractivity (Wildman–Crippen MR) is 115 cm³/mol. The predicted octanol–water partition coefficient (Wildman–Crippen LogP) is 4.90. The smallest absolute Gasteiger partial charge is 0.261 e. The fraction of sp³-hybridized carbons (Fsp3) is 0.0833. The highest BCUT2D eigenvalue weighted by Gasteiger charge is 2.20.